The Morgan fingerprint density at radius 3 is 2.65 bits per heavy atom. The molecular formula is C16H23NO3. The third-order valence-corrected chi connectivity index (χ3v) is 4.00. The molecule has 0 saturated carbocycles. The molecule has 1 aromatic carbocycles. The Hall–Kier alpha value is -1.39. The van der Waals surface area contributed by atoms with Gasteiger partial charge in [0.25, 0.3) is 6.47 Å². The first-order valence-corrected chi connectivity index (χ1v) is 7.22. The Balaban J connectivity index is 1.82. The lowest BCUT2D eigenvalue weighted by molar-refractivity contribution is -0.130. The quantitative estimate of drug-likeness (QED) is 0.584. The zero-order valence-electron chi connectivity index (χ0n) is 11.8. The van der Waals surface area contributed by atoms with Gasteiger partial charge in [-0.05, 0) is 43.3 Å². The molecule has 0 bridgehead atoms. The van der Waals surface area contributed by atoms with E-state index in [4.69, 9.17) is 9.47 Å². The molecule has 0 aromatic heterocycles. The van der Waals surface area contributed by atoms with E-state index in [0.717, 1.165) is 39.0 Å². The molecule has 2 rings (SSSR count). The van der Waals surface area contributed by atoms with E-state index < -0.39 is 0 Å². The highest BCUT2D eigenvalue weighted by Gasteiger charge is 2.32. The fraction of sp³-hybridized carbons (Fsp3) is 0.562. The van der Waals surface area contributed by atoms with Gasteiger partial charge < -0.3 is 14.8 Å². The van der Waals surface area contributed by atoms with Gasteiger partial charge in [0, 0.05) is 0 Å². The molecule has 1 saturated heterocycles. The predicted octanol–water partition coefficient (Wildman–Crippen LogP) is 2.14. The van der Waals surface area contributed by atoms with Crippen molar-refractivity contribution in [2.45, 2.75) is 25.9 Å². The monoisotopic (exact) mass is 277 g/mol. The number of nitrogens with one attached hydrogen (secondary N) is 1. The van der Waals surface area contributed by atoms with Crippen molar-refractivity contribution in [1.82, 2.24) is 5.32 Å². The predicted molar refractivity (Wildman–Crippen MR) is 77.3 cm³/mol. The van der Waals surface area contributed by atoms with Crippen LogP contribution < -0.4 is 5.32 Å². The minimum Gasteiger partial charge on any atom is -0.468 e. The van der Waals surface area contributed by atoms with Gasteiger partial charge in [0.2, 0.25) is 0 Å². The highest BCUT2D eigenvalue weighted by Crippen LogP contribution is 2.33. The summed E-state index contributed by atoms with van der Waals surface area (Å²) < 4.78 is 10.8. The molecule has 1 fully saturated rings. The summed E-state index contributed by atoms with van der Waals surface area (Å²) in [5.74, 6) is 0. The van der Waals surface area contributed by atoms with Crippen molar-refractivity contribution in [3.63, 3.8) is 0 Å². The van der Waals surface area contributed by atoms with E-state index in [2.05, 4.69) is 17.4 Å². The van der Waals surface area contributed by atoms with Gasteiger partial charge in [0.1, 0.15) is 0 Å². The van der Waals surface area contributed by atoms with Gasteiger partial charge in [-0.1, -0.05) is 30.3 Å². The van der Waals surface area contributed by atoms with Crippen molar-refractivity contribution in [3.05, 3.63) is 35.9 Å². The molecule has 110 valence electrons. The number of carbonyl (C=O) groups excluding carboxylic acids is 1. The highest BCUT2D eigenvalue weighted by atomic mass is 16.5. The number of hydrogen-bond donors (Lipinski definition) is 1. The number of benzene rings is 1. The average Bonchev–Trinajstić information content (AvgIpc) is 2.50. The zero-order valence-corrected chi connectivity index (χ0v) is 11.8. The largest absolute Gasteiger partial charge is 0.468 e. The van der Waals surface area contributed by atoms with Crippen LogP contribution in [0.4, 0.5) is 0 Å². The number of rotatable bonds is 8. The molecule has 0 atom stereocenters. The van der Waals surface area contributed by atoms with Crippen molar-refractivity contribution >= 4 is 6.47 Å². The van der Waals surface area contributed by atoms with E-state index in [1.54, 1.807) is 0 Å². The third kappa shape index (κ3) is 4.62. The lowest BCUT2D eigenvalue weighted by atomic mass is 9.77. The van der Waals surface area contributed by atoms with E-state index in [1.807, 2.05) is 18.2 Å². The molecular weight excluding hydrogens is 254 g/mol. The van der Waals surface area contributed by atoms with Crippen LogP contribution in [0.25, 0.3) is 0 Å². The van der Waals surface area contributed by atoms with Crippen LogP contribution in [0.2, 0.25) is 0 Å². The van der Waals surface area contributed by atoms with Crippen LogP contribution >= 0.6 is 0 Å². The molecule has 4 nitrogen and oxygen atoms in total. The van der Waals surface area contributed by atoms with Crippen LogP contribution in [0.1, 0.15) is 24.8 Å². The molecule has 0 amide bonds. The maximum atomic E-state index is 10.3. The van der Waals surface area contributed by atoms with Gasteiger partial charge in [-0.25, -0.2) is 0 Å². The summed E-state index contributed by atoms with van der Waals surface area (Å²) in [7, 11) is 0. The van der Waals surface area contributed by atoms with Crippen molar-refractivity contribution < 1.29 is 14.3 Å². The number of hydrogen-bond acceptors (Lipinski definition) is 4. The minimum absolute atomic E-state index is 0.142. The first kappa shape index (κ1) is 15.0. The summed E-state index contributed by atoms with van der Waals surface area (Å²) in [6, 6.07) is 10.2. The summed E-state index contributed by atoms with van der Waals surface area (Å²) >= 11 is 0. The van der Waals surface area contributed by atoms with E-state index in [-0.39, 0.29) is 5.41 Å². The van der Waals surface area contributed by atoms with Gasteiger partial charge in [-0.2, -0.15) is 0 Å². The van der Waals surface area contributed by atoms with Crippen LogP contribution in [0.3, 0.4) is 0 Å². The van der Waals surface area contributed by atoms with Crippen LogP contribution in [0.5, 0.6) is 0 Å². The van der Waals surface area contributed by atoms with Gasteiger partial charge in [0.05, 0.1) is 19.8 Å². The molecule has 1 heterocycles. The standard InChI is InChI=1S/C16H23NO3/c18-14-19-11-8-16(6-9-17-10-7-16)13-20-12-15-4-2-1-3-5-15/h1-5,14,17H,6-13H2. The zero-order chi connectivity index (χ0) is 14.1. The number of carbonyl (C=O) groups is 1. The Morgan fingerprint density at radius 1 is 1.20 bits per heavy atom. The van der Waals surface area contributed by atoms with Gasteiger partial charge in [-0.3, -0.25) is 4.79 Å². The second-order valence-electron chi connectivity index (χ2n) is 5.45. The van der Waals surface area contributed by atoms with Crippen molar-refractivity contribution in [2.75, 3.05) is 26.3 Å². The maximum absolute atomic E-state index is 10.3. The minimum atomic E-state index is 0.142. The molecule has 1 aromatic rings. The second-order valence-corrected chi connectivity index (χ2v) is 5.45. The molecule has 1 aliphatic rings. The Labute approximate surface area is 120 Å². The normalized spacial score (nSPS) is 17.6. The molecule has 20 heavy (non-hydrogen) atoms. The van der Waals surface area contributed by atoms with Crippen molar-refractivity contribution in [3.8, 4) is 0 Å². The van der Waals surface area contributed by atoms with Crippen LogP contribution in [-0.4, -0.2) is 32.8 Å². The molecule has 4 heteroatoms. The van der Waals surface area contributed by atoms with E-state index >= 15 is 0 Å². The molecule has 0 spiro atoms. The molecule has 0 radical (unpaired) electrons. The molecule has 0 unspecified atom stereocenters. The lowest BCUT2D eigenvalue weighted by Crippen LogP contribution is -2.40. The lowest BCUT2D eigenvalue weighted by Gasteiger charge is -2.37. The van der Waals surface area contributed by atoms with Crippen molar-refractivity contribution in [2.24, 2.45) is 5.41 Å². The van der Waals surface area contributed by atoms with Gasteiger partial charge in [-0.15, -0.1) is 0 Å². The number of piperidine rings is 1. The average molecular weight is 277 g/mol. The second kappa shape index (κ2) is 8.02. The van der Waals surface area contributed by atoms with Crippen LogP contribution in [-0.2, 0) is 20.9 Å². The fourth-order valence-electron chi connectivity index (χ4n) is 2.71. The summed E-state index contributed by atoms with van der Waals surface area (Å²) in [6.07, 6.45) is 3.02. The molecule has 1 N–H and O–H groups in total. The van der Waals surface area contributed by atoms with Crippen LogP contribution in [0, 0.1) is 5.41 Å². The summed E-state index contributed by atoms with van der Waals surface area (Å²) in [6.45, 7) is 4.40. The van der Waals surface area contributed by atoms with E-state index in [0.29, 0.717) is 19.7 Å². The van der Waals surface area contributed by atoms with E-state index in [1.165, 1.54) is 5.56 Å². The molecule has 0 aliphatic carbocycles. The first-order valence-electron chi connectivity index (χ1n) is 7.22. The highest BCUT2D eigenvalue weighted by molar-refractivity contribution is 5.36. The Bertz CT molecular complexity index is 388. The number of ether oxygens (including phenoxy) is 2. The van der Waals surface area contributed by atoms with Gasteiger partial charge >= 0.3 is 0 Å². The molecule has 1 aliphatic heterocycles. The maximum Gasteiger partial charge on any atom is 0.293 e. The van der Waals surface area contributed by atoms with Crippen molar-refractivity contribution in [1.29, 1.82) is 0 Å². The van der Waals surface area contributed by atoms with Crippen LogP contribution in [0.15, 0.2) is 30.3 Å². The summed E-state index contributed by atoms with van der Waals surface area (Å²) in [5, 5.41) is 3.37. The SMILES string of the molecule is O=COCCC1(COCc2ccccc2)CCNCC1. The van der Waals surface area contributed by atoms with E-state index in [9.17, 15) is 4.79 Å². The summed E-state index contributed by atoms with van der Waals surface area (Å²) in [5.41, 5.74) is 1.34. The summed E-state index contributed by atoms with van der Waals surface area (Å²) in [4.78, 5) is 10.3. The fourth-order valence-corrected chi connectivity index (χ4v) is 2.71. The first-order chi connectivity index (χ1) is 9.85. The topological polar surface area (TPSA) is 47.6 Å². The smallest absolute Gasteiger partial charge is 0.293 e. The third-order valence-electron chi connectivity index (χ3n) is 4.00. The van der Waals surface area contributed by atoms with Gasteiger partial charge in [0.15, 0.2) is 0 Å². The Kier molecular flexibility index (Phi) is 6.02. The Morgan fingerprint density at radius 2 is 1.95 bits per heavy atom.